The van der Waals surface area contributed by atoms with Gasteiger partial charge in [0.05, 0.1) is 0 Å². The van der Waals surface area contributed by atoms with Gasteiger partial charge in [-0.05, 0) is 38.1 Å². The molecule has 1 atom stereocenters. The largest absolute Gasteiger partial charge is 0.314 e. The normalized spacial score (nSPS) is 18.0. The van der Waals surface area contributed by atoms with Crippen molar-refractivity contribution >= 4 is 0 Å². The van der Waals surface area contributed by atoms with Gasteiger partial charge >= 0.3 is 0 Å². The van der Waals surface area contributed by atoms with Gasteiger partial charge in [-0.2, -0.15) is 0 Å². The van der Waals surface area contributed by atoms with Crippen LogP contribution >= 0.6 is 0 Å². The van der Waals surface area contributed by atoms with Crippen molar-refractivity contribution in [2.24, 2.45) is 5.92 Å². The molecular formula is C18H37N. The maximum atomic E-state index is 3.82. The zero-order valence-electron chi connectivity index (χ0n) is 13.6. The smallest absolute Gasteiger partial charge is 0.00953 e. The van der Waals surface area contributed by atoms with Crippen molar-refractivity contribution < 1.29 is 0 Å². The highest BCUT2D eigenvalue weighted by Crippen LogP contribution is 2.30. The number of nitrogens with one attached hydrogen (secondary N) is 1. The minimum absolute atomic E-state index is 0.832. The third-order valence-corrected chi connectivity index (χ3v) is 4.74. The summed E-state index contributed by atoms with van der Waals surface area (Å²) < 4.78 is 0. The third kappa shape index (κ3) is 7.97. The minimum Gasteiger partial charge on any atom is -0.314 e. The van der Waals surface area contributed by atoms with E-state index in [-0.39, 0.29) is 0 Å². The molecule has 1 fully saturated rings. The predicted octanol–water partition coefficient (Wildman–Crippen LogP) is 5.69. The lowest BCUT2D eigenvalue weighted by Gasteiger charge is -2.24. The highest BCUT2D eigenvalue weighted by Gasteiger charge is 2.23. The Labute approximate surface area is 121 Å². The molecule has 114 valence electrons. The van der Waals surface area contributed by atoms with Gasteiger partial charge in [-0.1, -0.05) is 71.6 Å². The molecule has 0 amide bonds. The molecule has 19 heavy (non-hydrogen) atoms. The fourth-order valence-electron chi connectivity index (χ4n) is 3.52. The Hall–Kier alpha value is -0.0400. The van der Waals surface area contributed by atoms with Crippen LogP contribution in [0.2, 0.25) is 0 Å². The van der Waals surface area contributed by atoms with E-state index in [4.69, 9.17) is 0 Å². The molecule has 0 radical (unpaired) electrons. The van der Waals surface area contributed by atoms with Gasteiger partial charge in [-0.15, -0.1) is 0 Å². The molecule has 0 aromatic rings. The van der Waals surface area contributed by atoms with Gasteiger partial charge in [0.2, 0.25) is 0 Å². The Morgan fingerprint density at radius 2 is 1.47 bits per heavy atom. The zero-order chi connectivity index (χ0) is 13.8. The second-order valence-corrected chi connectivity index (χ2v) is 6.52. The van der Waals surface area contributed by atoms with E-state index in [0.29, 0.717) is 0 Å². The first kappa shape index (κ1) is 17.0. The SMILES string of the molecule is CCCCCCCCCC(NCCC)C1CCCC1. The molecule has 1 nitrogen and oxygen atoms in total. The molecule has 1 saturated carbocycles. The van der Waals surface area contributed by atoms with E-state index in [9.17, 15) is 0 Å². The van der Waals surface area contributed by atoms with Crippen LogP contribution in [0.4, 0.5) is 0 Å². The van der Waals surface area contributed by atoms with Crippen LogP contribution in [0, 0.1) is 5.92 Å². The average Bonchev–Trinajstić information content (AvgIpc) is 2.95. The van der Waals surface area contributed by atoms with E-state index in [1.807, 2.05) is 0 Å². The molecule has 0 aromatic heterocycles. The quantitative estimate of drug-likeness (QED) is 0.448. The van der Waals surface area contributed by atoms with Gasteiger partial charge in [0.15, 0.2) is 0 Å². The fraction of sp³-hybridized carbons (Fsp3) is 1.00. The van der Waals surface area contributed by atoms with Gasteiger partial charge in [0, 0.05) is 6.04 Å². The van der Waals surface area contributed by atoms with Crippen molar-refractivity contribution in [1.82, 2.24) is 5.32 Å². The van der Waals surface area contributed by atoms with Gasteiger partial charge in [-0.3, -0.25) is 0 Å². The van der Waals surface area contributed by atoms with E-state index in [1.165, 1.54) is 90.0 Å². The van der Waals surface area contributed by atoms with Crippen molar-refractivity contribution in [3.8, 4) is 0 Å². The van der Waals surface area contributed by atoms with Crippen LogP contribution in [-0.2, 0) is 0 Å². The monoisotopic (exact) mass is 267 g/mol. The van der Waals surface area contributed by atoms with E-state index in [2.05, 4.69) is 19.2 Å². The minimum atomic E-state index is 0.832. The molecule has 0 bridgehead atoms. The molecule has 1 aliphatic rings. The Morgan fingerprint density at radius 1 is 0.842 bits per heavy atom. The number of hydrogen-bond donors (Lipinski definition) is 1. The van der Waals surface area contributed by atoms with Crippen molar-refractivity contribution in [1.29, 1.82) is 0 Å². The molecule has 1 N–H and O–H groups in total. The summed E-state index contributed by atoms with van der Waals surface area (Å²) in [6.45, 7) is 5.80. The maximum Gasteiger partial charge on any atom is 0.00953 e. The summed E-state index contributed by atoms with van der Waals surface area (Å²) in [6.07, 6.45) is 18.7. The molecule has 0 spiro atoms. The molecule has 1 aliphatic carbocycles. The van der Waals surface area contributed by atoms with Crippen molar-refractivity contribution in [3.05, 3.63) is 0 Å². The number of hydrogen-bond acceptors (Lipinski definition) is 1. The number of rotatable bonds is 12. The summed E-state index contributed by atoms with van der Waals surface area (Å²) in [6, 6.07) is 0.832. The lowest BCUT2D eigenvalue weighted by molar-refractivity contribution is 0.330. The molecule has 1 rings (SSSR count). The van der Waals surface area contributed by atoms with Gasteiger partial charge < -0.3 is 5.32 Å². The summed E-state index contributed by atoms with van der Waals surface area (Å²) in [5.74, 6) is 0.992. The summed E-state index contributed by atoms with van der Waals surface area (Å²) in [4.78, 5) is 0. The summed E-state index contributed by atoms with van der Waals surface area (Å²) in [5.41, 5.74) is 0. The summed E-state index contributed by atoms with van der Waals surface area (Å²) in [7, 11) is 0. The van der Waals surface area contributed by atoms with Gasteiger partial charge in [0.1, 0.15) is 0 Å². The van der Waals surface area contributed by atoms with Crippen molar-refractivity contribution in [3.63, 3.8) is 0 Å². The van der Waals surface area contributed by atoms with Crippen molar-refractivity contribution in [2.45, 2.75) is 103 Å². The van der Waals surface area contributed by atoms with E-state index >= 15 is 0 Å². The lowest BCUT2D eigenvalue weighted by atomic mass is 9.93. The summed E-state index contributed by atoms with van der Waals surface area (Å²) >= 11 is 0. The van der Waals surface area contributed by atoms with Crippen LogP contribution in [0.15, 0.2) is 0 Å². The Balaban J connectivity index is 2.06. The van der Waals surface area contributed by atoms with Crippen LogP contribution < -0.4 is 5.32 Å². The van der Waals surface area contributed by atoms with Crippen molar-refractivity contribution in [2.75, 3.05) is 6.54 Å². The first-order valence-electron chi connectivity index (χ1n) is 9.11. The molecule has 0 saturated heterocycles. The zero-order valence-corrected chi connectivity index (χ0v) is 13.6. The van der Waals surface area contributed by atoms with Crippen LogP contribution in [0.1, 0.15) is 97.3 Å². The molecule has 0 aliphatic heterocycles. The Kier molecular flexibility index (Phi) is 10.5. The molecule has 1 unspecified atom stereocenters. The van der Waals surface area contributed by atoms with E-state index in [1.54, 1.807) is 0 Å². The summed E-state index contributed by atoms with van der Waals surface area (Å²) in [5, 5.41) is 3.82. The highest BCUT2D eigenvalue weighted by atomic mass is 14.9. The van der Waals surface area contributed by atoms with Crippen LogP contribution in [0.3, 0.4) is 0 Å². The van der Waals surface area contributed by atoms with Gasteiger partial charge in [0.25, 0.3) is 0 Å². The second kappa shape index (κ2) is 11.8. The van der Waals surface area contributed by atoms with Crippen LogP contribution in [0.5, 0.6) is 0 Å². The second-order valence-electron chi connectivity index (χ2n) is 6.52. The highest BCUT2D eigenvalue weighted by molar-refractivity contribution is 4.80. The first-order chi connectivity index (χ1) is 9.38. The lowest BCUT2D eigenvalue weighted by Crippen LogP contribution is -2.35. The van der Waals surface area contributed by atoms with E-state index in [0.717, 1.165) is 12.0 Å². The third-order valence-electron chi connectivity index (χ3n) is 4.74. The maximum absolute atomic E-state index is 3.82. The average molecular weight is 268 g/mol. The molecule has 1 heteroatoms. The Morgan fingerprint density at radius 3 is 2.11 bits per heavy atom. The molecule has 0 aromatic carbocycles. The topological polar surface area (TPSA) is 12.0 Å². The van der Waals surface area contributed by atoms with Crippen LogP contribution in [0.25, 0.3) is 0 Å². The van der Waals surface area contributed by atoms with E-state index < -0.39 is 0 Å². The predicted molar refractivity (Wildman–Crippen MR) is 86.6 cm³/mol. The first-order valence-corrected chi connectivity index (χ1v) is 9.11. The fourth-order valence-corrected chi connectivity index (χ4v) is 3.52. The van der Waals surface area contributed by atoms with Crippen LogP contribution in [-0.4, -0.2) is 12.6 Å². The molecular weight excluding hydrogens is 230 g/mol. The number of unbranched alkanes of at least 4 members (excludes halogenated alkanes) is 6. The molecule has 0 heterocycles. The van der Waals surface area contributed by atoms with Gasteiger partial charge in [-0.25, -0.2) is 0 Å². The standard InChI is InChI=1S/C18H37N/c1-3-5-6-7-8-9-10-15-18(19-16-4-2)17-13-11-12-14-17/h17-19H,3-16H2,1-2H3. The Bertz CT molecular complexity index is 184.